The standard InChI is InChI=1S/C22H21NO6/c1-26-17-9-5-15(6-10-17)20-22(25,16-7-11-18(27-2)12-8-16)23(21(24)29-20)14-19-4-3-13-28-19/h3-13,20,25H,14H2,1-2H3/t20-,22-/m1/s1. The van der Waals surface area contributed by atoms with Crippen LogP contribution in [0.2, 0.25) is 0 Å². The Bertz CT molecular complexity index is 968. The van der Waals surface area contributed by atoms with Crippen LogP contribution >= 0.6 is 0 Å². The van der Waals surface area contributed by atoms with Gasteiger partial charge in [0.15, 0.2) is 6.10 Å². The van der Waals surface area contributed by atoms with Gasteiger partial charge in [-0.25, -0.2) is 4.79 Å². The summed E-state index contributed by atoms with van der Waals surface area (Å²) >= 11 is 0. The van der Waals surface area contributed by atoms with Crippen molar-refractivity contribution in [3.63, 3.8) is 0 Å². The van der Waals surface area contributed by atoms with Gasteiger partial charge in [-0.1, -0.05) is 24.3 Å². The van der Waals surface area contributed by atoms with Crippen LogP contribution in [-0.4, -0.2) is 30.3 Å². The van der Waals surface area contributed by atoms with Crippen molar-refractivity contribution in [2.24, 2.45) is 0 Å². The van der Waals surface area contributed by atoms with Crippen LogP contribution in [-0.2, 0) is 17.0 Å². The van der Waals surface area contributed by atoms with Crippen LogP contribution in [0.25, 0.3) is 0 Å². The van der Waals surface area contributed by atoms with E-state index in [9.17, 15) is 9.90 Å². The number of benzene rings is 2. The largest absolute Gasteiger partial charge is 0.497 e. The lowest BCUT2D eigenvalue weighted by molar-refractivity contribution is -0.114. The van der Waals surface area contributed by atoms with Crippen LogP contribution in [0.4, 0.5) is 4.79 Å². The van der Waals surface area contributed by atoms with Crippen molar-refractivity contribution in [3.05, 3.63) is 83.8 Å². The highest BCUT2D eigenvalue weighted by Crippen LogP contribution is 2.47. The van der Waals surface area contributed by atoms with Gasteiger partial charge in [-0.3, -0.25) is 4.90 Å². The van der Waals surface area contributed by atoms with E-state index in [1.165, 1.54) is 11.2 Å². The van der Waals surface area contributed by atoms with E-state index in [0.29, 0.717) is 28.4 Å². The van der Waals surface area contributed by atoms with Gasteiger partial charge >= 0.3 is 6.09 Å². The van der Waals surface area contributed by atoms with Gasteiger partial charge < -0.3 is 23.7 Å². The Hall–Kier alpha value is -3.45. The van der Waals surface area contributed by atoms with Gasteiger partial charge in [0.2, 0.25) is 5.72 Å². The summed E-state index contributed by atoms with van der Waals surface area (Å²) in [5, 5.41) is 11.9. The number of hydrogen-bond acceptors (Lipinski definition) is 6. The second-order valence-electron chi connectivity index (χ2n) is 6.66. The number of rotatable bonds is 6. The van der Waals surface area contributed by atoms with Gasteiger partial charge in [-0.2, -0.15) is 0 Å². The number of methoxy groups -OCH3 is 2. The lowest BCUT2D eigenvalue weighted by Crippen LogP contribution is -2.45. The Morgan fingerprint density at radius 3 is 2.17 bits per heavy atom. The highest BCUT2D eigenvalue weighted by molar-refractivity contribution is 5.72. The normalized spacial score (nSPS) is 21.1. The summed E-state index contributed by atoms with van der Waals surface area (Å²) in [6, 6.07) is 17.4. The maximum Gasteiger partial charge on any atom is 0.413 e. The zero-order chi connectivity index (χ0) is 20.4. The van der Waals surface area contributed by atoms with Crippen LogP contribution in [0.15, 0.2) is 71.3 Å². The second-order valence-corrected chi connectivity index (χ2v) is 6.66. The molecule has 0 unspecified atom stereocenters. The fourth-order valence-electron chi connectivity index (χ4n) is 3.49. The number of nitrogens with zero attached hydrogens (tertiary/aromatic N) is 1. The number of cyclic esters (lactones) is 1. The fourth-order valence-corrected chi connectivity index (χ4v) is 3.49. The van der Waals surface area contributed by atoms with E-state index in [2.05, 4.69) is 0 Å². The fraction of sp³-hybridized carbons (Fsp3) is 0.227. The van der Waals surface area contributed by atoms with Crippen LogP contribution in [0.1, 0.15) is 23.0 Å². The van der Waals surface area contributed by atoms with Crippen molar-refractivity contribution >= 4 is 6.09 Å². The van der Waals surface area contributed by atoms with Crippen molar-refractivity contribution in [1.82, 2.24) is 4.90 Å². The van der Waals surface area contributed by atoms with Crippen LogP contribution in [0, 0.1) is 0 Å². The van der Waals surface area contributed by atoms with E-state index >= 15 is 0 Å². The number of hydrogen-bond donors (Lipinski definition) is 1. The molecule has 1 saturated heterocycles. The lowest BCUT2D eigenvalue weighted by atomic mass is 9.91. The third kappa shape index (κ3) is 3.30. The van der Waals surface area contributed by atoms with Crippen molar-refractivity contribution < 1.29 is 28.5 Å². The van der Waals surface area contributed by atoms with Crippen molar-refractivity contribution in [2.45, 2.75) is 18.4 Å². The maximum absolute atomic E-state index is 12.8. The van der Waals surface area contributed by atoms with Gasteiger partial charge in [0.05, 0.1) is 27.0 Å². The monoisotopic (exact) mass is 395 g/mol. The van der Waals surface area contributed by atoms with E-state index in [1.807, 2.05) is 0 Å². The zero-order valence-electron chi connectivity index (χ0n) is 16.1. The molecule has 0 bridgehead atoms. The average molecular weight is 395 g/mol. The Morgan fingerprint density at radius 2 is 1.62 bits per heavy atom. The predicted molar refractivity (Wildman–Crippen MR) is 103 cm³/mol. The summed E-state index contributed by atoms with van der Waals surface area (Å²) in [5.74, 6) is 1.84. The van der Waals surface area contributed by atoms with Crippen LogP contribution in [0.3, 0.4) is 0 Å². The molecule has 1 N–H and O–H groups in total. The molecule has 2 atom stereocenters. The maximum atomic E-state index is 12.8. The molecule has 1 amide bonds. The third-order valence-corrected chi connectivity index (χ3v) is 5.04. The molecule has 0 spiro atoms. The molecule has 2 aromatic carbocycles. The molecule has 2 heterocycles. The van der Waals surface area contributed by atoms with Gasteiger partial charge in [-0.05, 0) is 42.0 Å². The molecular formula is C22H21NO6. The smallest absolute Gasteiger partial charge is 0.413 e. The topological polar surface area (TPSA) is 81.4 Å². The number of furan rings is 1. The summed E-state index contributed by atoms with van der Waals surface area (Å²) in [4.78, 5) is 14.0. The molecule has 150 valence electrons. The number of aliphatic hydroxyl groups is 1. The summed E-state index contributed by atoms with van der Waals surface area (Å²) in [5.41, 5.74) is -0.610. The number of amides is 1. The minimum atomic E-state index is -1.75. The first-order chi connectivity index (χ1) is 14.1. The number of ether oxygens (including phenoxy) is 3. The Balaban J connectivity index is 1.79. The lowest BCUT2D eigenvalue weighted by Gasteiger charge is -2.34. The molecule has 29 heavy (non-hydrogen) atoms. The minimum absolute atomic E-state index is 0.0566. The zero-order valence-corrected chi connectivity index (χ0v) is 16.1. The van der Waals surface area contributed by atoms with Gasteiger partial charge in [0.1, 0.15) is 17.3 Å². The summed E-state index contributed by atoms with van der Waals surface area (Å²) in [7, 11) is 3.14. The molecule has 7 heteroatoms. The van der Waals surface area contributed by atoms with E-state index in [-0.39, 0.29) is 6.54 Å². The van der Waals surface area contributed by atoms with Gasteiger partial charge in [0.25, 0.3) is 0 Å². The van der Waals surface area contributed by atoms with Crippen molar-refractivity contribution in [3.8, 4) is 11.5 Å². The predicted octanol–water partition coefficient (Wildman–Crippen LogP) is 3.84. The molecule has 3 aromatic rings. The summed E-state index contributed by atoms with van der Waals surface area (Å²) < 4.78 is 21.4. The first-order valence-corrected chi connectivity index (χ1v) is 9.07. The van der Waals surface area contributed by atoms with Crippen LogP contribution in [0.5, 0.6) is 11.5 Å². The first-order valence-electron chi connectivity index (χ1n) is 9.07. The molecule has 1 aliphatic heterocycles. The van der Waals surface area contributed by atoms with E-state index in [1.54, 1.807) is 74.9 Å². The number of carbonyl (C=O) groups excluding carboxylic acids is 1. The van der Waals surface area contributed by atoms with E-state index in [0.717, 1.165) is 0 Å². The Kier molecular flexibility index (Phi) is 4.90. The highest BCUT2D eigenvalue weighted by atomic mass is 16.6. The molecular weight excluding hydrogens is 374 g/mol. The Labute approximate surface area is 168 Å². The quantitative estimate of drug-likeness (QED) is 0.683. The highest BCUT2D eigenvalue weighted by Gasteiger charge is 2.56. The summed E-state index contributed by atoms with van der Waals surface area (Å²) in [6.45, 7) is 0.0566. The molecule has 1 fully saturated rings. The molecule has 0 aliphatic carbocycles. The second kappa shape index (κ2) is 7.52. The SMILES string of the molecule is COc1ccc([C@H]2OC(=O)N(Cc3ccco3)[C@@]2(O)c2ccc(OC)cc2)cc1. The molecule has 1 aromatic heterocycles. The van der Waals surface area contributed by atoms with Gasteiger partial charge in [-0.15, -0.1) is 0 Å². The van der Waals surface area contributed by atoms with Gasteiger partial charge in [0, 0.05) is 5.56 Å². The van der Waals surface area contributed by atoms with Crippen molar-refractivity contribution in [2.75, 3.05) is 14.2 Å². The first kappa shape index (κ1) is 18.9. The molecule has 1 aliphatic rings. The molecule has 0 saturated carbocycles. The minimum Gasteiger partial charge on any atom is -0.497 e. The molecule has 0 radical (unpaired) electrons. The molecule has 4 rings (SSSR count). The summed E-state index contributed by atoms with van der Waals surface area (Å²) in [6.07, 6.45) is -0.0609. The molecule has 7 nitrogen and oxygen atoms in total. The average Bonchev–Trinajstić information content (AvgIpc) is 3.37. The number of carbonyl (C=O) groups is 1. The van der Waals surface area contributed by atoms with Crippen LogP contribution < -0.4 is 9.47 Å². The van der Waals surface area contributed by atoms with E-state index in [4.69, 9.17) is 18.6 Å². The van der Waals surface area contributed by atoms with Crippen molar-refractivity contribution in [1.29, 1.82) is 0 Å². The third-order valence-electron chi connectivity index (χ3n) is 5.04. The van der Waals surface area contributed by atoms with E-state index < -0.39 is 17.9 Å². The Morgan fingerprint density at radius 1 is 1.00 bits per heavy atom.